The largest absolute Gasteiger partial charge is 0.497 e. The molecule has 3 aromatic rings. The molecule has 0 aliphatic carbocycles. The quantitative estimate of drug-likeness (QED) is 0.584. The number of ether oxygens (including phenoxy) is 2. The number of fused-ring (bicyclic) bond motifs is 1. The minimum absolute atomic E-state index is 0.0123. The van der Waals surface area contributed by atoms with Gasteiger partial charge in [0.05, 0.1) is 19.9 Å². The molecule has 7 heteroatoms. The standard InChI is InChI=1S/C26H27N3O4/c1-17-4-7-20(8-5-17)25(30)29-13-12-19-9-6-18(14-23(19)29)16-27-26(31)28-22-15-21(32-2)10-11-24(22)33-3/h4-11,14-15H,12-13,16H2,1-3H3,(H2,27,28,31). The smallest absolute Gasteiger partial charge is 0.319 e. The van der Waals surface area contributed by atoms with Crippen molar-refractivity contribution in [3.05, 3.63) is 82.9 Å². The van der Waals surface area contributed by atoms with E-state index in [2.05, 4.69) is 10.6 Å². The van der Waals surface area contributed by atoms with Gasteiger partial charge in [-0.3, -0.25) is 4.79 Å². The van der Waals surface area contributed by atoms with E-state index in [9.17, 15) is 9.59 Å². The van der Waals surface area contributed by atoms with Crippen LogP contribution in [0.1, 0.15) is 27.0 Å². The number of nitrogens with zero attached hydrogens (tertiary/aromatic N) is 1. The van der Waals surface area contributed by atoms with Gasteiger partial charge >= 0.3 is 6.03 Å². The van der Waals surface area contributed by atoms with Gasteiger partial charge in [-0.05, 0) is 54.8 Å². The monoisotopic (exact) mass is 445 g/mol. The first-order chi connectivity index (χ1) is 16.0. The van der Waals surface area contributed by atoms with Crippen LogP contribution in [0.25, 0.3) is 0 Å². The van der Waals surface area contributed by atoms with Gasteiger partial charge in [-0.1, -0.05) is 29.8 Å². The Bertz CT molecular complexity index is 1170. The first-order valence-electron chi connectivity index (χ1n) is 10.8. The summed E-state index contributed by atoms with van der Waals surface area (Å²) in [5.41, 5.74) is 5.23. The number of urea groups is 1. The van der Waals surface area contributed by atoms with Gasteiger partial charge in [-0.25, -0.2) is 4.79 Å². The number of benzene rings is 3. The van der Waals surface area contributed by atoms with Gasteiger partial charge in [0.1, 0.15) is 11.5 Å². The van der Waals surface area contributed by atoms with Crippen molar-refractivity contribution in [2.24, 2.45) is 0 Å². The minimum atomic E-state index is -0.366. The Balaban J connectivity index is 1.43. The third-order valence-corrected chi connectivity index (χ3v) is 5.70. The second kappa shape index (κ2) is 9.65. The molecule has 4 rings (SSSR count). The van der Waals surface area contributed by atoms with Crippen LogP contribution in [-0.4, -0.2) is 32.7 Å². The normalized spacial score (nSPS) is 12.2. The minimum Gasteiger partial charge on any atom is -0.497 e. The number of carbonyl (C=O) groups excluding carboxylic acids is 2. The molecule has 0 fully saturated rings. The van der Waals surface area contributed by atoms with Crippen molar-refractivity contribution in [2.45, 2.75) is 19.9 Å². The molecule has 33 heavy (non-hydrogen) atoms. The molecule has 0 saturated heterocycles. The molecule has 1 heterocycles. The number of nitrogens with one attached hydrogen (secondary N) is 2. The highest BCUT2D eigenvalue weighted by molar-refractivity contribution is 6.07. The van der Waals surface area contributed by atoms with E-state index in [1.165, 1.54) is 0 Å². The van der Waals surface area contributed by atoms with Crippen molar-refractivity contribution in [1.82, 2.24) is 5.32 Å². The molecule has 3 aromatic carbocycles. The van der Waals surface area contributed by atoms with Crippen molar-refractivity contribution in [1.29, 1.82) is 0 Å². The molecule has 1 aliphatic rings. The lowest BCUT2D eigenvalue weighted by atomic mass is 10.1. The highest BCUT2D eigenvalue weighted by Crippen LogP contribution is 2.31. The summed E-state index contributed by atoms with van der Waals surface area (Å²) in [4.78, 5) is 27.3. The lowest BCUT2D eigenvalue weighted by molar-refractivity contribution is 0.0989. The molecular weight excluding hydrogens is 418 g/mol. The topological polar surface area (TPSA) is 79.9 Å². The van der Waals surface area contributed by atoms with Gasteiger partial charge < -0.3 is 25.0 Å². The summed E-state index contributed by atoms with van der Waals surface area (Å²) in [5, 5.41) is 5.65. The maximum Gasteiger partial charge on any atom is 0.319 e. The summed E-state index contributed by atoms with van der Waals surface area (Å²) < 4.78 is 10.5. The summed E-state index contributed by atoms with van der Waals surface area (Å²) in [5.74, 6) is 1.14. The van der Waals surface area contributed by atoms with Crippen LogP contribution in [0, 0.1) is 6.92 Å². The molecule has 0 saturated carbocycles. The molecule has 0 atom stereocenters. The molecule has 7 nitrogen and oxygen atoms in total. The summed E-state index contributed by atoms with van der Waals surface area (Å²) in [6.45, 7) is 2.96. The Morgan fingerprint density at radius 1 is 0.970 bits per heavy atom. The van der Waals surface area contributed by atoms with Crippen LogP contribution in [-0.2, 0) is 13.0 Å². The third kappa shape index (κ3) is 4.92. The average molecular weight is 446 g/mol. The van der Waals surface area contributed by atoms with Gasteiger partial charge in [-0.2, -0.15) is 0 Å². The second-order valence-electron chi connectivity index (χ2n) is 7.91. The maximum atomic E-state index is 13.0. The second-order valence-corrected chi connectivity index (χ2v) is 7.91. The van der Waals surface area contributed by atoms with Gasteiger partial charge in [0.25, 0.3) is 5.91 Å². The first kappa shape index (κ1) is 22.2. The molecule has 0 spiro atoms. The zero-order chi connectivity index (χ0) is 23.4. The van der Waals surface area contributed by atoms with Crippen LogP contribution in [0.15, 0.2) is 60.7 Å². The van der Waals surface area contributed by atoms with Crippen molar-refractivity contribution in [3.63, 3.8) is 0 Å². The Morgan fingerprint density at radius 3 is 2.48 bits per heavy atom. The maximum absolute atomic E-state index is 13.0. The molecule has 0 radical (unpaired) electrons. The third-order valence-electron chi connectivity index (χ3n) is 5.70. The summed E-state index contributed by atoms with van der Waals surface area (Å²) in [7, 11) is 3.10. The van der Waals surface area contributed by atoms with E-state index in [-0.39, 0.29) is 11.9 Å². The molecule has 2 N–H and O–H groups in total. The van der Waals surface area contributed by atoms with E-state index in [4.69, 9.17) is 9.47 Å². The highest BCUT2D eigenvalue weighted by atomic mass is 16.5. The zero-order valence-corrected chi connectivity index (χ0v) is 19.0. The Kier molecular flexibility index (Phi) is 6.49. The van der Waals surface area contributed by atoms with E-state index < -0.39 is 0 Å². The van der Waals surface area contributed by atoms with E-state index in [0.29, 0.717) is 35.8 Å². The van der Waals surface area contributed by atoms with Crippen LogP contribution in [0.5, 0.6) is 11.5 Å². The summed E-state index contributed by atoms with van der Waals surface area (Å²) >= 11 is 0. The van der Waals surface area contributed by atoms with Crippen molar-refractivity contribution in [3.8, 4) is 11.5 Å². The number of amides is 3. The van der Waals surface area contributed by atoms with Crippen LogP contribution in [0.3, 0.4) is 0 Å². The van der Waals surface area contributed by atoms with E-state index >= 15 is 0 Å². The van der Waals surface area contributed by atoms with Gasteiger partial charge in [0.15, 0.2) is 0 Å². The lowest BCUT2D eigenvalue weighted by Gasteiger charge is -2.18. The fourth-order valence-corrected chi connectivity index (χ4v) is 3.86. The average Bonchev–Trinajstić information content (AvgIpc) is 3.26. The molecule has 3 amide bonds. The number of hydrogen-bond donors (Lipinski definition) is 2. The SMILES string of the molecule is COc1ccc(OC)c(NC(=O)NCc2ccc3c(c2)N(C(=O)c2ccc(C)cc2)CC3)c1. The highest BCUT2D eigenvalue weighted by Gasteiger charge is 2.25. The van der Waals surface area contributed by atoms with Gasteiger partial charge in [0.2, 0.25) is 0 Å². The van der Waals surface area contributed by atoms with Crippen LogP contribution in [0.2, 0.25) is 0 Å². The lowest BCUT2D eigenvalue weighted by Crippen LogP contribution is -2.29. The predicted octanol–water partition coefficient (Wildman–Crippen LogP) is 4.54. The molecule has 0 unspecified atom stereocenters. The molecule has 0 bridgehead atoms. The van der Waals surface area contributed by atoms with Crippen LogP contribution >= 0.6 is 0 Å². The Morgan fingerprint density at radius 2 is 1.76 bits per heavy atom. The van der Waals surface area contributed by atoms with Gasteiger partial charge in [0, 0.05) is 30.4 Å². The Labute approximate surface area is 193 Å². The van der Waals surface area contributed by atoms with E-state index in [0.717, 1.165) is 28.8 Å². The Hall–Kier alpha value is -4.00. The van der Waals surface area contributed by atoms with Crippen molar-refractivity contribution in [2.75, 3.05) is 31.0 Å². The van der Waals surface area contributed by atoms with Crippen molar-refractivity contribution < 1.29 is 19.1 Å². The molecule has 1 aliphatic heterocycles. The van der Waals surface area contributed by atoms with Crippen molar-refractivity contribution >= 4 is 23.3 Å². The first-order valence-corrected chi connectivity index (χ1v) is 10.8. The van der Waals surface area contributed by atoms with Crippen LogP contribution < -0.4 is 25.0 Å². The number of methoxy groups -OCH3 is 2. The van der Waals surface area contributed by atoms with E-state index in [1.54, 1.807) is 32.4 Å². The number of anilines is 2. The van der Waals surface area contributed by atoms with E-state index in [1.807, 2.05) is 54.3 Å². The predicted molar refractivity (Wildman–Crippen MR) is 128 cm³/mol. The summed E-state index contributed by atoms with van der Waals surface area (Å²) in [6, 6.07) is 18.4. The van der Waals surface area contributed by atoms with Crippen LogP contribution in [0.4, 0.5) is 16.2 Å². The zero-order valence-electron chi connectivity index (χ0n) is 19.0. The molecule has 170 valence electrons. The summed E-state index contributed by atoms with van der Waals surface area (Å²) in [6.07, 6.45) is 0.816. The van der Waals surface area contributed by atoms with Gasteiger partial charge in [-0.15, -0.1) is 0 Å². The fourth-order valence-electron chi connectivity index (χ4n) is 3.86. The number of hydrogen-bond acceptors (Lipinski definition) is 4. The molecule has 0 aromatic heterocycles. The number of carbonyl (C=O) groups is 2. The number of aryl methyl sites for hydroxylation is 1. The fraction of sp³-hybridized carbons (Fsp3) is 0.231. The molecular formula is C26H27N3O4. The number of rotatable bonds is 6.